The Balaban J connectivity index is 1.91. The highest BCUT2D eigenvalue weighted by Gasteiger charge is 2.34. The summed E-state index contributed by atoms with van der Waals surface area (Å²) in [4.78, 5) is 26.5. The first kappa shape index (κ1) is 15.7. The van der Waals surface area contributed by atoms with E-state index in [0.29, 0.717) is 10.4 Å². The Morgan fingerprint density at radius 1 is 1.39 bits per heavy atom. The first-order valence-electron chi connectivity index (χ1n) is 7.59. The summed E-state index contributed by atoms with van der Waals surface area (Å²) >= 11 is 1.27. The lowest BCUT2D eigenvalue weighted by Gasteiger charge is -2.25. The number of aryl methyl sites for hydroxylation is 2. The molecule has 3 heterocycles. The molecule has 6 nitrogen and oxygen atoms in total. The van der Waals surface area contributed by atoms with E-state index in [9.17, 15) is 9.59 Å². The summed E-state index contributed by atoms with van der Waals surface area (Å²) in [7, 11) is 1.92. The van der Waals surface area contributed by atoms with Gasteiger partial charge in [0.1, 0.15) is 0 Å². The molecule has 23 heavy (non-hydrogen) atoms. The molecule has 2 N–H and O–H groups in total. The van der Waals surface area contributed by atoms with Gasteiger partial charge in [-0.15, -0.1) is 11.3 Å². The monoisotopic (exact) mass is 332 g/mol. The molecule has 1 aliphatic rings. The second kappa shape index (κ2) is 5.81. The highest BCUT2D eigenvalue weighted by atomic mass is 32.1. The standard InChI is InChI=1S/C16H20N4O2S/c1-9-14(10(2)19(3)18-9)12-5-4-6-20(12)16(22)13-7-11(8-23-13)15(17)21/h7-8,12H,4-6H2,1-3H3,(H2,17,21)/t12-/m0/s1. The number of amides is 2. The van der Waals surface area contributed by atoms with Crippen LogP contribution in [0.5, 0.6) is 0 Å². The number of thiophene rings is 1. The minimum atomic E-state index is -0.503. The summed E-state index contributed by atoms with van der Waals surface area (Å²) in [6, 6.07) is 1.64. The molecule has 0 saturated carbocycles. The van der Waals surface area contributed by atoms with Gasteiger partial charge in [-0.25, -0.2) is 0 Å². The van der Waals surface area contributed by atoms with E-state index in [0.717, 1.165) is 36.3 Å². The summed E-state index contributed by atoms with van der Waals surface area (Å²) < 4.78 is 1.86. The third kappa shape index (κ3) is 2.65. The topological polar surface area (TPSA) is 81.2 Å². The van der Waals surface area contributed by atoms with Gasteiger partial charge in [0.05, 0.1) is 22.2 Å². The SMILES string of the molecule is Cc1nn(C)c(C)c1[C@@H]1CCCN1C(=O)c1cc(C(N)=O)cs1. The van der Waals surface area contributed by atoms with E-state index in [-0.39, 0.29) is 11.9 Å². The number of primary amides is 1. The predicted molar refractivity (Wildman–Crippen MR) is 88.5 cm³/mol. The number of carbonyl (C=O) groups is 2. The van der Waals surface area contributed by atoms with Crippen molar-refractivity contribution in [2.24, 2.45) is 12.8 Å². The summed E-state index contributed by atoms with van der Waals surface area (Å²) in [6.07, 6.45) is 1.91. The molecule has 1 saturated heterocycles. The molecule has 1 fully saturated rings. The van der Waals surface area contributed by atoms with Crippen molar-refractivity contribution in [1.29, 1.82) is 0 Å². The van der Waals surface area contributed by atoms with Crippen molar-refractivity contribution in [3.05, 3.63) is 38.8 Å². The van der Waals surface area contributed by atoms with Gasteiger partial charge in [0.15, 0.2) is 0 Å². The molecule has 0 spiro atoms. The average molecular weight is 332 g/mol. The summed E-state index contributed by atoms with van der Waals surface area (Å²) in [6.45, 7) is 4.74. The maximum atomic E-state index is 12.9. The van der Waals surface area contributed by atoms with Gasteiger partial charge in [-0.1, -0.05) is 0 Å². The molecule has 0 aromatic carbocycles. The van der Waals surface area contributed by atoms with Crippen LogP contribution in [0.2, 0.25) is 0 Å². The van der Waals surface area contributed by atoms with Gasteiger partial charge in [-0.05, 0) is 32.8 Å². The molecule has 0 bridgehead atoms. The summed E-state index contributed by atoms with van der Waals surface area (Å²) in [5.41, 5.74) is 8.87. The number of aromatic nitrogens is 2. The van der Waals surface area contributed by atoms with Crippen LogP contribution in [0.15, 0.2) is 11.4 Å². The highest BCUT2D eigenvalue weighted by molar-refractivity contribution is 7.12. The van der Waals surface area contributed by atoms with Gasteiger partial charge in [0.2, 0.25) is 5.91 Å². The molecule has 0 radical (unpaired) electrons. The zero-order valence-corrected chi connectivity index (χ0v) is 14.3. The minimum Gasteiger partial charge on any atom is -0.366 e. The Hall–Kier alpha value is -2.15. The first-order chi connectivity index (χ1) is 10.9. The van der Waals surface area contributed by atoms with Gasteiger partial charge < -0.3 is 10.6 Å². The summed E-state index contributed by atoms with van der Waals surface area (Å²) in [5.74, 6) is -0.537. The predicted octanol–water partition coefficient (Wildman–Crippen LogP) is 2.17. The van der Waals surface area contributed by atoms with E-state index in [1.807, 2.05) is 30.5 Å². The lowest BCUT2D eigenvalue weighted by atomic mass is 10.0. The minimum absolute atomic E-state index is 0.0346. The smallest absolute Gasteiger partial charge is 0.264 e. The van der Waals surface area contributed by atoms with Crippen LogP contribution in [0, 0.1) is 13.8 Å². The lowest BCUT2D eigenvalue weighted by molar-refractivity contribution is 0.0740. The Kier molecular flexibility index (Phi) is 3.97. The fourth-order valence-electron chi connectivity index (χ4n) is 3.30. The zero-order valence-electron chi connectivity index (χ0n) is 13.5. The average Bonchev–Trinajstić information content (AvgIpc) is 3.19. The van der Waals surface area contributed by atoms with Crippen LogP contribution < -0.4 is 5.73 Å². The number of hydrogen-bond acceptors (Lipinski definition) is 4. The van der Waals surface area contributed by atoms with Gasteiger partial charge in [-0.3, -0.25) is 14.3 Å². The summed E-state index contributed by atoms with van der Waals surface area (Å²) in [5, 5.41) is 6.11. The number of nitrogens with zero attached hydrogens (tertiary/aromatic N) is 3. The molecular weight excluding hydrogens is 312 g/mol. The molecule has 2 aromatic rings. The fraction of sp³-hybridized carbons (Fsp3) is 0.438. The number of carbonyl (C=O) groups excluding carboxylic acids is 2. The highest BCUT2D eigenvalue weighted by Crippen LogP contribution is 2.36. The van der Waals surface area contributed by atoms with Crippen LogP contribution in [0.25, 0.3) is 0 Å². The molecule has 0 aliphatic carbocycles. The zero-order chi connectivity index (χ0) is 16.7. The Bertz CT molecular complexity index is 777. The van der Waals surface area contributed by atoms with E-state index in [4.69, 9.17) is 5.73 Å². The van der Waals surface area contributed by atoms with E-state index < -0.39 is 5.91 Å². The fourth-order valence-corrected chi connectivity index (χ4v) is 4.15. The van der Waals surface area contributed by atoms with Crippen LogP contribution in [0.3, 0.4) is 0 Å². The normalized spacial score (nSPS) is 17.7. The van der Waals surface area contributed by atoms with E-state index in [1.165, 1.54) is 11.3 Å². The van der Waals surface area contributed by atoms with Crippen LogP contribution >= 0.6 is 11.3 Å². The van der Waals surface area contributed by atoms with Crippen molar-refractivity contribution in [2.75, 3.05) is 6.54 Å². The van der Waals surface area contributed by atoms with E-state index >= 15 is 0 Å². The third-order valence-corrected chi connectivity index (χ3v) is 5.42. The van der Waals surface area contributed by atoms with Crippen LogP contribution in [0.4, 0.5) is 0 Å². The van der Waals surface area contributed by atoms with Crippen LogP contribution in [-0.4, -0.2) is 33.0 Å². The maximum Gasteiger partial charge on any atom is 0.264 e. The van der Waals surface area contributed by atoms with E-state index in [2.05, 4.69) is 5.10 Å². The van der Waals surface area contributed by atoms with Crippen LogP contribution in [0.1, 0.15) is 55.9 Å². The van der Waals surface area contributed by atoms with Crippen molar-refractivity contribution in [3.63, 3.8) is 0 Å². The Morgan fingerprint density at radius 3 is 2.70 bits per heavy atom. The molecular formula is C16H20N4O2S. The van der Waals surface area contributed by atoms with Gasteiger partial charge in [0, 0.05) is 30.2 Å². The van der Waals surface area contributed by atoms with E-state index in [1.54, 1.807) is 11.4 Å². The molecule has 1 atom stereocenters. The lowest BCUT2D eigenvalue weighted by Crippen LogP contribution is -2.30. The molecule has 2 aromatic heterocycles. The van der Waals surface area contributed by atoms with Gasteiger partial charge in [-0.2, -0.15) is 5.10 Å². The van der Waals surface area contributed by atoms with Crippen LogP contribution in [-0.2, 0) is 7.05 Å². The van der Waals surface area contributed by atoms with Gasteiger partial charge in [0.25, 0.3) is 5.91 Å². The number of likely N-dealkylation sites (tertiary alicyclic amines) is 1. The number of nitrogens with two attached hydrogens (primary N) is 1. The second-order valence-corrected chi connectivity index (χ2v) is 6.84. The quantitative estimate of drug-likeness (QED) is 0.935. The maximum absolute atomic E-state index is 12.9. The number of rotatable bonds is 3. The Morgan fingerprint density at radius 2 is 2.13 bits per heavy atom. The van der Waals surface area contributed by atoms with Crippen molar-refractivity contribution in [3.8, 4) is 0 Å². The molecule has 3 rings (SSSR count). The van der Waals surface area contributed by atoms with Crippen molar-refractivity contribution in [2.45, 2.75) is 32.7 Å². The van der Waals surface area contributed by atoms with Crippen molar-refractivity contribution in [1.82, 2.24) is 14.7 Å². The Labute approximate surface area is 138 Å². The molecule has 0 unspecified atom stereocenters. The van der Waals surface area contributed by atoms with Crippen molar-refractivity contribution >= 4 is 23.2 Å². The first-order valence-corrected chi connectivity index (χ1v) is 8.47. The largest absolute Gasteiger partial charge is 0.366 e. The molecule has 1 aliphatic heterocycles. The molecule has 2 amide bonds. The second-order valence-electron chi connectivity index (χ2n) is 5.93. The molecule has 7 heteroatoms. The third-order valence-electron chi connectivity index (χ3n) is 4.51. The molecule has 122 valence electrons. The van der Waals surface area contributed by atoms with Crippen molar-refractivity contribution < 1.29 is 9.59 Å². The number of hydrogen-bond donors (Lipinski definition) is 1. The van der Waals surface area contributed by atoms with Gasteiger partial charge >= 0.3 is 0 Å².